The molecule has 0 aliphatic heterocycles. The first-order chi connectivity index (χ1) is 6.65. The van der Waals surface area contributed by atoms with Gasteiger partial charge in [-0.3, -0.25) is 0 Å². The molecule has 0 unspecified atom stereocenters. The number of hydrogen-bond acceptors (Lipinski definition) is 1. The molecular formula is C10H8F3N. The maximum Gasteiger partial charge on any atom is 0.182 e. The summed E-state index contributed by atoms with van der Waals surface area (Å²) in [7, 11) is 0. The molecule has 1 nitrogen and oxygen atoms in total. The first kappa shape index (κ1) is 10.5. The van der Waals surface area contributed by atoms with E-state index in [4.69, 9.17) is 6.42 Å². The molecular weight excluding hydrogens is 191 g/mol. The fourth-order valence-corrected chi connectivity index (χ4v) is 0.954. The smallest absolute Gasteiger partial charge is 0.182 e. The van der Waals surface area contributed by atoms with E-state index >= 15 is 0 Å². The van der Waals surface area contributed by atoms with E-state index in [1.54, 1.807) is 0 Å². The van der Waals surface area contributed by atoms with Crippen molar-refractivity contribution in [1.29, 1.82) is 0 Å². The summed E-state index contributed by atoms with van der Waals surface area (Å²) in [6, 6.07) is 1.37. The number of anilines is 1. The molecule has 1 N–H and O–H groups in total. The topological polar surface area (TPSA) is 12.0 Å². The number of benzene rings is 1. The Balaban J connectivity index is 2.81. The lowest BCUT2D eigenvalue weighted by Gasteiger charge is -2.06. The van der Waals surface area contributed by atoms with Crippen LogP contribution in [0.2, 0.25) is 0 Å². The van der Waals surface area contributed by atoms with Gasteiger partial charge in [-0.2, -0.15) is 0 Å². The van der Waals surface area contributed by atoms with Crippen molar-refractivity contribution in [2.24, 2.45) is 0 Å². The monoisotopic (exact) mass is 199 g/mol. The second-order valence-electron chi connectivity index (χ2n) is 2.63. The van der Waals surface area contributed by atoms with Gasteiger partial charge in [0, 0.05) is 25.1 Å². The number of hydrogen-bond donors (Lipinski definition) is 1. The fraction of sp³-hybridized carbons (Fsp3) is 0.200. The van der Waals surface area contributed by atoms with Gasteiger partial charge in [0.05, 0.1) is 5.69 Å². The lowest BCUT2D eigenvalue weighted by molar-refractivity contribution is 0.497. The van der Waals surface area contributed by atoms with Crippen LogP contribution >= 0.6 is 0 Å². The fourth-order valence-electron chi connectivity index (χ4n) is 0.954. The second-order valence-corrected chi connectivity index (χ2v) is 2.63. The summed E-state index contributed by atoms with van der Waals surface area (Å²) < 4.78 is 38.2. The van der Waals surface area contributed by atoms with Crippen molar-refractivity contribution in [1.82, 2.24) is 0 Å². The number of terminal acetylenes is 1. The van der Waals surface area contributed by atoms with Crippen LogP contribution in [0.25, 0.3) is 0 Å². The Hall–Kier alpha value is -1.63. The van der Waals surface area contributed by atoms with Crippen LogP contribution in [0.3, 0.4) is 0 Å². The minimum Gasteiger partial charge on any atom is -0.382 e. The van der Waals surface area contributed by atoms with E-state index in [9.17, 15) is 13.2 Å². The Morgan fingerprint density at radius 3 is 2.64 bits per heavy atom. The van der Waals surface area contributed by atoms with Crippen molar-refractivity contribution in [3.63, 3.8) is 0 Å². The first-order valence-corrected chi connectivity index (χ1v) is 3.97. The molecule has 14 heavy (non-hydrogen) atoms. The van der Waals surface area contributed by atoms with E-state index < -0.39 is 17.5 Å². The van der Waals surface area contributed by atoms with Crippen molar-refractivity contribution in [3.05, 3.63) is 29.6 Å². The maximum atomic E-state index is 13.0. The summed E-state index contributed by atoms with van der Waals surface area (Å²) in [5.74, 6) is -0.821. The third-order valence-corrected chi connectivity index (χ3v) is 1.58. The van der Waals surface area contributed by atoms with Gasteiger partial charge in [0.2, 0.25) is 0 Å². The zero-order valence-corrected chi connectivity index (χ0v) is 7.28. The second kappa shape index (κ2) is 4.56. The summed E-state index contributed by atoms with van der Waals surface area (Å²) in [6.07, 6.45) is 5.32. The Kier molecular flexibility index (Phi) is 3.41. The summed E-state index contributed by atoms with van der Waals surface area (Å²) >= 11 is 0. The highest BCUT2D eigenvalue weighted by Crippen LogP contribution is 2.18. The van der Waals surface area contributed by atoms with Crippen LogP contribution in [0.4, 0.5) is 18.9 Å². The van der Waals surface area contributed by atoms with Crippen molar-refractivity contribution >= 4 is 5.69 Å². The van der Waals surface area contributed by atoms with E-state index in [1.807, 2.05) is 0 Å². The normalized spacial score (nSPS) is 9.57. The lowest BCUT2D eigenvalue weighted by atomic mass is 10.2. The van der Waals surface area contributed by atoms with Crippen LogP contribution in [-0.2, 0) is 0 Å². The van der Waals surface area contributed by atoms with Crippen LogP contribution in [0.1, 0.15) is 6.42 Å². The van der Waals surface area contributed by atoms with E-state index in [1.165, 1.54) is 0 Å². The molecule has 0 aromatic heterocycles. The summed E-state index contributed by atoms with van der Waals surface area (Å²) in [5.41, 5.74) is -0.210. The largest absolute Gasteiger partial charge is 0.382 e. The van der Waals surface area contributed by atoms with Crippen LogP contribution in [0, 0.1) is 29.8 Å². The van der Waals surface area contributed by atoms with Crippen LogP contribution in [-0.4, -0.2) is 6.54 Å². The van der Waals surface area contributed by atoms with Crippen molar-refractivity contribution in [2.45, 2.75) is 6.42 Å². The number of nitrogens with one attached hydrogen (secondary N) is 1. The minimum absolute atomic E-state index is 0.210. The maximum absolute atomic E-state index is 13.0. The predicted octanol–water partition coefficient (Wildman–Crippen LogP) is 2.54. The summed E-state index contributed by atoms with van der Waals surface area (Å²) in [5, 5.41) is 2.50. The molecule has 4 heteroatoms. The average molecular weight is 199 g/mol. The molecule has 1 aromatic carbocycles. The standard InChI is InChI=1S/C10H8F3N/c1-2-3-4-14-9-6-7(11)5-8(12)10(9)13/h1,5-6,14H,3-4H2. The van der Waals surface area contributed by atoms with Crippen LogP contribution in [0.5, 0.6) is 0 Å². The van der Waals surface area contributed by atoms with Crippen molar-refractivity contribution in [2.75, 3.05) is 11.9 Å². The molecule has 0 spiro atoms. The Labute approximate surface area is 79.9 Å². The highest BCUT2D eigenvalue weighted by Gasteiger charge is 2.09. The van der Waals surface area contributed by atoms with Gasteiger partial charge in [-0.15, -0.1) is 12.3 Å². The zero-order valence-electron chi connectivity index (χ0n) is 7.28. The average Bonchev–Trinajstić information content (AvgIpc) is 2.13. The van der Waals surface area contributed by atoms with Gasteiger partial charge >= 0.3 is 0 Å². The highest BCUT2D eigenvalue weighted by molar-refractivity contribution is 5.45. The number of halogens is 3. The van der Waals surface area contributed by atoms with Gasteiger partial charge in [-0.1, -0.05) is 0 Å². The van der Waals surface area contributed by atoms with E-state index in [0.29, 0.717) is 12.5 Å². The molecule has 0 aliphatic carbocycles. The Morgan fingerprint density at radius 2 is 2.00 bits per heavy atom. The molecule has 0 amide bonds. The molecule has 0 atom stereocenters. The molecule has 0 saturated carbocycles. The first-order valence-electron chi connectivity index (χ1n) is 3.97. The molecule has 0 bridgehead atoms. The molecule has 0 aliphatic rings. The van der Waals surface area contributed by atoms with E-state index in [0.717, 1.165) is 6.07 Å². The third-order valence-electron chi connectivity index (χ3n) is 1.58. The van der Waals surface area contributed by atoms with Crippen molar-refractivity contribution < 1.29 is 13.2 Å². The lowest BCUT2D eigenvalue weighted by Crippen LogP contribution is -2.04. The molecule has 1 rings (SSSR count). The zero-order chi connectivity index (χ0) is 10.6. The van der Waals surface area contributed by atoms with Gasteiger partial charge in [0.1, 0.15) is 5.82 Å². The molecule has 1 aromatic rings. The van der Waals surface area contributed by atoms with Gasteiger partial charge in [-0.05, 0) is 0 Å². The molecule has 74 valence electrons. The predicted molar refractivity (Wildman–Crippen MR) is 48.3 cm³/mol. The molecule has 0 heterocycles. The third kappa shape index (κ3) is 2.43. The molecule has 0 radical (unpaired) electrons. The van der Waals surface area contributed by atoms with E-state index in [2.05, 4.69) is 11.2 Å². The quantitative estimate of drug-likeness (QED) is 0.448. The van der Waals surface area contributed by atoms with Crippen LogP contribution < -0.4 is 5.32 Å². The summed E-state index contributed by atoms with van der Waals surface area (Å²) in [4.78, 5) is 0. The van der Waals surface area contributed by atoms with E-state index in [-0.39, 0.29) is 12.2 Å². The van der Waals surface area contributed by atoms with Gasteiger partial charge in [0.15, 0.2) is 11.6 Å². The van der Waals surface area contributed by atoms with Gasteiger partial charge in [0.25, 0.3) is 0 Å². The summed E-state index contributed by atoms with van der Waals surface area (Å²) in [6.45, 7) is 0.274. The highest BCUT2D eigenvalue weighted by atomic mass is 19.2. The minimum atomic E-state index is -1.21. The van der Waals surface area contributed by atoms with Crippen molar-refractivity contribution in [3.8, 4) is 12.3 Å². The molecule has 0 fully saturated rings. The number of rotatable bonds is 3. The molecule has 0 saturated heterocycles. The van der Waals surface area contributed by atoms with Gasteiger partial charge in [-0.25, -0.2) is 13.2 Å². The Morgan fingerprint density at radius 1 is 1.29 bits per heavy atom. The SMILES string of the molecule is C#CCCNc1cc(F)cc(F)c1F. The van der Waals surface area contributed by atoms with Gasteiger partial charge < -0.3 is 5.32 Å². The Bertz CT molecular complexity index is 368. The van der Waals surface area contributed by atoms with Crippen LogP contribution in [0.15, 0.2) is 12.1 Å².